The van der Waals surface area contributed by atoms with Crippen molar-refractivity contribution in [3.8, 4) is 11.1 Å². The molecule has 0 fully saturated rings. The first-order chi connectivity index (χ1) is 13.2. The lowest BCUT2D eigenvalue weighted by Gasteiger charge is -2.06. The number of amidine groups is 2. The van der Waals surface area contributed by atoms with Crippen molar-refractivity contribution in [2.45, 2.75) is 0 Å². The molecule has 3 nitrogen and oxygen atoms in total. The van der Waals surface area contributed by atoms with E-state index in [1.165, 1.54) is 0 Å². The molecule has 3 heteroatoms. The first-order valence-electron chi connectivity index (χ1n) is 8.78. The molecule has 0 aromatic heterocycles. The predicted octanol–water partition coefficient (Wildman–Crippen LogP) is 5.24. The SMILES string of the molecule is N=C(/N=C(\N)c1ccc(-c2ccccc2)cc1)c1ccc2ccccc2c1. The van der Waals surface area contributed by atoms with Crippen LogP contribution in [-0.2, 0) is 0 Å². The highest BCUT2D eigenvalue weighted by molar-refractivity contribution is 6.10. The summed E-state index contributed by atoms with van der Waals surface area (Å²) in [6, 6.07) is 32.0. The van der Waals surface area contributed by atoms with E-state index in [1.54, 1.807) is 0 Å². The molecule has 0 atom stereocenters. The van der Waals surface area contributed by atoms with Gasteiger partial charge in [-0.1, -0.05) is 91.0 Å². The van der Waals surface area contributed by atoms with Gasteiger partial charge in [0.2, 0.25) is 0 Å². The van der Waals surface area contributed by atoms with Gasteiger partial charge in [0.15, 0.2) is 5.84 Å². The van der Waals surface area contributed by atoms with Crippen molar-refractivity contribution in [2.75, 3.05) is 0 Å². The number of nitrogens with one attached hydrogen (secondary N) is 1. The molecule has 0 saturated heterocycles. The Morgan fingerprint density at radius 2 is 1.22 bits per heavy atom. The van der Waals surface area contributed by atoms with Crippen LogP contribution in [0, 0.1) is 5.41 Å². The van der Waals surface area contributed by atoms with Crippen molar-refractivity contribution in [3.05, 3.63) is 108 Å². The standard InChI is InChI=1S/C24H19N3/c25-23(20-13-10-19(11-14-20)17-6-2-1-3-7-17)27-24(26)22-15-12-18-8-4-5-9-21(18)16-22/h1-16H,(H3,25,26,27). The van der Waals surface area contributed by atoms with Crippen LogP contribution in [0.4, 0.5) is 0 Å². The molecule has 0 heterocycles. The van der Waals surface area contributed by atoms with Gasteiger partial charge in [-0.05, 0) is 28.0 Å². The lowest BCUT2D eigenvalue weighted by atomic mass is 10.0. The second-order valence-corrected chi connectivity index (χ2v) is 6.35. The van der Waals surface area contributed by atoms with Crippen LogP contribution in [0.25, 0.3) is 21.9 Å². The Labute approximate surface area is 158 Å². The third-order valence-electron chi connectivity index (χ3n) is 4.54. The molecule has 0 spiro atoms. The van der Waals surface area contributed by atoms with Crippen LogP contribution in [0.1, 0.15) is 11.1 Å². The number of hydrogen-bond donors (Lipinski definition) is 2. The molecular weight excluding hydrogens is 330 g/mol. The van der Waals surface area contributed by atoms with E-state index in [0.717, 1.165) is 33.0 Å². The van der Waals surface area contributed by atoms with Gasteiger partial charge in [0.1, 0.15) is 5.84 Å². The molecule has 0 aliphatic heterocycles. The zero-order chi connectivity index (χ0) is 18.6. The van der Waals surface area contributed by atoms with Crippen LogP contribution in [0.3, 0.4) is 0 Å². The van der Waals surface area contributed by atoms with Gasteiger partial charge in [-0.2, -0.15) is 0 Å². The first kappa shape index (κ1) is 16.7. The third kappa shape index (κ3) is 3.62. The maximum atomic E-state index is 8.29. The average Bonchev–Trinajstić information content (AvgIpc) is 2.74. The highest BCUT2D eigenvalue weighted by Gasteiger charge is 2.05. The van der Waals surface area contributed by atoms with Crippen LogP contribution in [0.5, 0.6) is 0 Å². The zero-order valence-corrected chi connectivity index (χ0v) is 14.8. The number of nitrogens with two attached hydrogens (primary N) is 1. The smallest absolute Gasteiger partial charge is 0.154 e. The van der Waals surface area contributed by atoms with E-state index in [-0.39, 0.29) is 5.84 Å². The number of hydrogen-bond acceptors (Lipinski definition) is 1. The predicted molar refractivity (Wildman–Crippen MR) is 113 cm³/mol. The molecule has 0 radical (unpaired) electrons. The molecule has 4 aromatic carbocycles. The molecule has 0 amide bonds. The Morgan fingerprint density at radius 1 is 0.630 bits per heavy atom. The molecule has 4 aromatic rings. The van der Waals surface area contributed by atoms with Gasteiger partial charge < -0.3 is 5.73 Å². The number of fused-ring (bicyclic) bond motifs is 1. The quantitative estimate of drug-likeness (QED) is 0.386. The maximum absolute atomic E-state index is 8.29. The van der Waals surface area contributed by atoms with Crippen molar-refractivity contribution < 1.29 is 0 Å². The summed E-state index contributed by atoms with van der Waals surface area (Å²) in [5.41, 5.74) is 9.98. The van der Waals surface area contributed by atoms with Crippen molar-refractivity contribution in [1.82, 2.24) is 0 Å². The molecule has 0 bridgehead atoms. The van der Waals surface area contributed by atoms with E-state index in [1.807, 2.05) is 78.9 Å². The molecule has 3 N–H and O–H groups in total. The molecule has 4 rings (SSSR count). The Balaban J connectivity index is 1.58. The molecule has 0 unspecified atom stereocenters. The van der Waals surface area contributed by atoms with Crippen molar-refractivity contribution in [3.63, 3.8) is 0 Å². The number of nitrogens with zero attached hydrogens (tertiary/aromatic N) is 1. The molecular formula is C24H19N3. The average molecular weight is 349 g/mol. The summed E-state index contributed by atoms with van der Waals surface area (Å²) in [6.07, 6.45) is 0. The first-order valence-corrected chi connectivity index (χ1v) is 8.78. The van der Waals surface area contributed by atoms with Gasteiger partial charge in [0.05, 0.1) is 0 Å². The minimum Gasteiger partial charge on any atom is -0.383 e. The summed E-state index contributed by atoms with van der Waals surface area (Å²) in [4.78, 5) is 4.30. The summed E-state index contributed by atoms with van der Waals surface area (Å²) in [5.74, 6) is 0.498. The minimum atomic E-state index is 0.158. The Kier molecular flexibility index (Phi) is 4.50. The number of aliphatic imine (C=N–C) groups is 1. The fourth-order valence-electron chi connectivity index (χ4n) is 3.05. The number of rotatable bonds is 3. The summed E-state index contributed by atoms with van der Waals surface area (Å²) < 4.78 is 0. The highest BCUT2D eigenvalue weighted by Crippen LogP contribution is 2.20. The Hall–Kier alpha value is -3.72. The largest absolute Gasteiger partial charge is 0.383 e. The fourth-order valence-corrected chi connectivity index (χ4v) is 3.05. The van der Waals surface area contributed by atoms with Crippen molar-refractivity contribution in [1.29, 1.82) is 5.41 Å². The van der Waals surface area contributed by atoms with Gasteiger partial charge in [-0.15, -0.1) is 0 Å². The van der Waals surface area contributed by atoms with Gasteiger partial charge in [0, 0.05) is 11.1 Å². The lowest BCUT2D eigenvalue weighted by molar-refractivity contribution is 1.40. The summed E-state index contributed by atoms with van der Waals surface area (Å²) in [5, 5.41) is 10.5. The molecule has 0 aliphatic rings. The zero-order valence-electron chi connectivity index (χ0n) is 14.8. The molecule has 0 saturated carbocycles. The van der Waals surface area contributed by atoms with Crippen LogP contribution in [-0.4, -0.2) is 11.7 Å². The van der Waals surface area contributed by atoms with E-state index >= 15 is 0 Å². The van der Waals surface area contributed by atoms with E-state index in [4.69, 9.17) is 11.1 Å². The third-order valence-corrected chi connectivity index (χ3v) is 4.54. The Morgan fingerprint density at radius 3 is 1.96 bits per heavy atom. The van der Waals surface area contributed by atoms with Gasteiger partial charge in [0.25, 0.3) is 0 Å². The minimum absolute atomic E-state index is 0.158. The summed E-state index contributed by atoms with van der Waals surface area (Å²) in [6.45, 7) is 0. The molecule has 0 aliphatic carbocycles. The maximum Gasteiger partial charge on any atom is 0.154 e. The van der Waals surface area contributed by atoms with Crippen LogP contribution < -0.4 is 5.73 Å². The molecule has 27 heavy (non-hydrogen) atoms. The second kappa shape index (κ2) is 7.26. The van der Waals surface area contributed by atoms with Gasteiger partial charge in [-0.25, -0.2) is 4.99 Å². The van der Waals surface area contributed by atoms with Crippen LogP contribution in [0.15, 0.2) is 102 Å². The monoisotopic (exact) mass is 349 g/mol. The highest BCUT2D eigenvalue weighted by atomic mass is 14.9. The summed E-state index contributed by atoms with van der Waals surface area (Å²) >= 11 is 0. The van der Waals surface area contributed by atoms with Crippen molar-refractivity contribution >= 4 is 22.4 Å². The Bertz CT molecular complexity index is 1130. The number of benzene rings is 4. The molecule has 130 valence electrons. The van der Waals surface area contributed by atoms with Crippen molar-refractivity contribution in [2.24, 2.45) is 10.7 Å². The van der Waals surface area contributed by atoms with E-state index in [2.05, 4.69) is 23.2 Å². The normalized spacial score (nSPS) is 11.5. The lowest BCUT2D eigenvalue weighted by Crippen LogP contribution is -2.15. The van der Waals surface area contributed by atoms with Gasteiger partial charge in [-0.3, -0.25) is 5.41 Å². The van der Waals surface area contributed by atoms with E-state index < -0.39 is 0 Å². The van der Waals surface area contributed by atoms with E-state index in [0.29, 0.717) is 5.84 Å². The van der Waals surface area contributed by atoms with Gasteiger partial charge >= 0.3 is 0 Å². The second-order valence-electron chi connectivity index (χ2n) is 6.35. The van der Waals surface area contributed by atoms with Crippen LogP contribution >= 0.6 is 0 Å². The topological polar surface area (TPSA) is 62.2 Å². The fraction of sp³-hybridized carbons (Fsp3) is 0. The summed E-state index contributed by atoms with van der Waals surface area (Å²) in [7, 11) is 0. The van der Waals surface area contributed by atoms with E-state index in [9.17, 15) is 0 Å². The van der Waals surface area contributed by atoms with Crippen LogP contribution in [0.2, 0.25) is 0 Å².